The summed E-state index contributed by atoms with van der Waals surface area (Å²) in [5.41, 5.74) is -0.0128. The Hall–Kier alpha value is -0.970. The standard InChI is InChI=1S/C17H23Cl2NO3/c1-16(2,3)23-15(21)20-8-7-17(4,11-20)22-10-12-5-6-13(18)9-14(12)19/h5-6,9H,7-8,10-11H2,1-4H3. The molecule has 1 atom stereocenters. The molecule has 23 heavy (non-hydrogen) atoms. The van der Waals surface area contributed by atoms with Gasteiger partial charge in [0.25, 0.3) is 0 Å². The second kappa shape index (κ2) is 6.88. The molecule has 2 rings (SSSR count). The molecule has 1 aliphatic rings. The van der Waals surface area contributed by atoms with Crippen molar-refractivity contribution >= 4 is 29.3 Å². The molecule has 1 aliphatic heterocycles. The summed E-state index contributed by atoms with van der Waals surface area (Å²) in [4.78, 5) is 13.8. The molecule has 128 valence electrons. The maximum absolute atomic E-state index is 12.1. The number of hydrogen-bond donors (Lipinski definition) is 0. The Morgan fingerprint density at radius 1 is 1.35 bits per heavy atom. The van der Waals surface area contributed by atoms with E-state index >= 15 is 0 Å². The maximum atomic E-state index is 12.1. The van der Waals surface area contributed by atoms with Gasteiger partial charge < -0.3 is 14.4 Å². The number of rotatable bonds is 3. The Morgan fingerprint density at radius 3 is 2.65 bits per heavy atom. The molecule has 0 N–H and O–H groups in total. The van der Waals surface area contributed by atoms with Crippen molar-refractivity contribution in [3.63, 3.8) is 0 Å². The highest BCUT2D eigenvalue weighted by Gasteiger charge is 2.38. The molecule has 0 bridgehead atoms. The number of carbonyl (C=O) groups is 1. The summed E-state index contributed by atoms with van der Waals surface area (Å²) in [7, 11) is 0. The molecule has 0 aliphatic carbocycles. The van der Waals surface area contributed by atoms with E-state index in [4.69, 9.17) is 32.7 Å². The Bertz CT molecular complexity index is 586. The Kier molecular flexibility index (Phi) is 5.49. The van der Waals surface area contributed by atoms with E-state index < -0.39 is 11.2 Å². The summed E-state index contributed by atoms with van der Waals surface area (Å²) < 4.78 is 11.4. The minimum absolute atomic E-state index is 0.297. The number of nitrogens with zero attached hydrogens (tertiary/aromatic N) is 1. The number of carbonyl (C=O) groups excluding carboxylic acids is 1. The largest absolute Gasteiger partial charge is 0.444 e. The zero-order chi connectivity index (χ0) is 17.3. The summed E-state index contributed by atoms with van der Waals surface area (Å²) >= 11 is 12.1. The average molecular weight is 360 g/mol. The molecule has 1 heterocycles. The molecule has 0 saturated carbocycles. The monoisotopic (exact) mass is 359 g/mol. The molecule has 1 amide bonds. The minimum Gasteiger partial charge on any atom is -0.444 e. The van der Waals surface area contributed by atoms with Crippen LogP contribution < -0.4 is 0 Å². The van der Waals surface area contributed by atoms with Crippen molar-refractivity contribution < 1.29 is 14.3 Å². The summed E-state index contributed by atoms with van der Waals surface area (Å²) in [5.74, 6) is 0. The van der Waals surface area contributed by atoms with E-state index in [9.17, 15) is 4.79 Å². The summed E-state index contributed by atoms with van der Waals surface area (Å²) in [5, 5.41) is 1.19. The molecule has 0 aromatic heterocycles. The van der Waals surface area contributed by atoms with Gasteiger partial charge in [-0.25, -0.2) is 4.79 Å². The van der Waals surface area contributed by atoms with E-state index in [0.717, 1.165) is 12.0 Å². The molecule has 4 nitrogen and oxygen atoms in total. The van der Waals surface area contributed by atoms with E-state index in [1.807, 2.05) is 33.8 Å². The number of ether oxygens (including phenoxy) is 2. The van der Waals surface area contributed by atoms with E-state index in [-0.39, 0.29) is 6.09 Å². The molecular formula is C17H23Cl2NO3. The quantitative estimate of drug-likeness (QED) is 0.769. The highest BCUT2D eigenvalue weighted by Crippen LogP contribution is 2.29. The number of benzene rings is 1. The van der Waals surface area contributed by atoms with Gasteiger partial charge in [0.05, 0.1) is 18.8 Å². The van der Waals surface area contributed by atoms with Crippen molar-refractivity contribution in [1.82, 2.24) is 4.90 Å². The predicted octanol–water partition coefficient (Wildman–Crippen LogP) is 4.91. The van der Waals surface area contributed by atoms with Crippen LogP contribution in [0.2, 0.25) is 10.0 Å². The van der Waals surface area contributed by atoms with E-state index in [1.54, 1.807) is 17.0 Å². The lowest BCUT2D eigenvalue weighted by molar-refractivity contribution is -0.0374. The van der Waals surface area contributed by atoms with Gasteiger partial charge in [-0.05, 0) is 51.8 Å². The summed E-state index contributed by atoms with van der Waals surface area (Å²) in [6.45, 7) is 9.10. The van der Waals surface area contributed by atoms with Crippen LogP contribution in [-0.4, -0.2) is 35.3 Å². The molecule has 1 fully saturated rings. The van der Waals surface area contributed by atoms with Crippen LogP contribution in [0, 0.1) is 0 Å². The Labute approximate surface area is 147 Å². The SMILES string of the molecule is CC(C)(C)OC(=O)N1CCC(C)(OCc2ccc(Cl)cc2Cl)C1. The number of likely N-dealkylation sites (tertiary alicyclic amines) is 1. The van der Waals surface area contributed by atoms with Crippen LogP contribution in [0.15, 0.2) is 18.2 Å². The molecule has 0 spiro atoms. The van der Waals surface area contributed by atoms with Crippen molar-refractivity contribution in [3.8, 4) is 0 Å². The van der Waals surface area contributed by atoms with Gasteiger partial charge in [-0.2, -0.15) is 0 Å². The van der Waals surface area contributed by atoms with Crippen LogP contribution in [0.3, 0.4) is 0 Å². The van der Waals surface area contributed by atoms with Gasteiger partial charge in [0.1, 0.15) is 5.60 Å². The first kappa shape index (κ1) is 18.4. The van der Waals surface area contributed by atoms with Crippen LogP contribution >= 0.6 is 23.2 Å². The third-order valence-corrected chi connectivity index (χ3v) is 4.27. The normalized spacial score (nSPS) is 21.6. The average Bonchev–Trinajstić information content (AvgIpc) is 2.79. The molecule has 0 radical (unpaired) electrons. The number of amides is 1. The first-order valence-corrected chi connectivity index (χ1v) is 8.39. The number of hydrogen-bond acceptors (Lipinski definition) is 3. The Morgan fingerprint density at radius 2 is 2.04 bits per heavy atom. The van der Waals surface area contributed by atoms with E-state index in [0.29, 0.717) is 29.7 Å². The predicted molar refractivity (Wildman–Crippen MR) is 92.1 cm³/mol. The maximum Gasteiger partial charge on any atom is 0.410 e. The van der Waals surface area contributed by atoms with E-state index in [1.165, 1.54) is 0 Å². The van der Waals surface area contributed by atoms with Crippen molar-refractivity contribution in [1.29, 1.82) is 0 Å². The molecule has 1 saturated heterocycles. The molecule has 6 heteroatoms. The summed E-state index contributed by atoms with van der Waals surface area (Å²) in [6, 6.07) is 5.34. The van der Waals surface area contributed by atoms with Crippen molar-refractivity contribution in [3.05, 3.63) is 33.8 Å². The second-order valence-corrected chi connectivity index (χ2v) is 7.97. The lowest BCUT2D eigenvalue weighted by Crippen LogP contribution is -2.39. The highest BCUT2D eigenvalue weighted by atomic mass is 35.5. The first-order chi connectivity index (χ1) is 10.6. The van der Waals surface area contributed by atoms with Crippen LogP contribution in [-0.2, 0) is 16.1 Å². The lowest BCUT2D eigenvalue weighted by Gasteiger charge is -2.27. The summed E-state index contributed by atoms with van der Waals surface area (Å²) in [6.07, 6.45) is 0.464. The van der Waals surface area contributed by atoms with Gasteiger partial charge in [-0.3, -0.25) is 0 Å². The smallest absolute Gasteiger partial charge is 0.410 e. The highest BCUT2D eigenvalue weighted by molar-refractivity contribution is 6.35. The topological polar surface area (TPSA) is 38.8 Å². The van der Waals surface area contributed by atoms with Gasteiger partial charge in [0, 0.05) is 16.6 Å². The van der Waals surface area contributed by atoms with Crippen molar-refractivity contribution in [2.75, 3.05) is 13.1 Å². The van der Waals surface area contributed by atoms with Gasteiger partial charge in [-0.1, -0.05) is 29.3 Å². The number of halogens is 2. The van der Waals surface area contributed by atoms with E-state index in [2.05, 4.69) is 0 Å². The zero-order valence-electron chi connectivity index (χ0n) is 14.0. The fourth-order valence-corrected chi connectivity index (χ4v) is 2.89. The van der Waals surface area contributed by atoms with Crippen LogP contribution in [0.5, 0.6) is 0 Å². The van der Waals surface area contributed by atoms with Crippen molar-refractivity contribution in [2.24, 2.45) is 0 Å². The zero-order valence-corrected chi connectivity index (χ0v) is 15.5. The lowest BCUT2D eigenvalue weighted by atomic mass is 10.1. The van der Waals surface area contributed by atoms with Crippen molar-refractivity contribution in [2.45, 2.75) is 51.9 Å². The molecule has 1 unspecified atom stereocenters. The van der Waals surface area contributed by atoms with Gasteiger partial charge in [0.15, 0.2) is 0 Å². The molecule has 1 aromatic carbocycles. The second-order valence-electron chi connectivity index (χ2n) is 7.13. The third-order valence-electron chi connectivity index (χ3n) is 3.68. The van der Waals surface area contributed by atoms with Crippen LogP contribution in [0.1, 0.15) is 39.7 Å². The third kappa shape index (κ3) is 5.27. The minimum atomic E-state index is -0.492. The molecular weight excluding hydrogens is 337 g/mol. The fourth-order valence-electron chi connectivity index (χ4n) is 2.42. The Balaban J connectivity index is 1.92. The fraction of sp³-hybridized carbons (Fsp3) is 0.588. The first-order valence-electron chi connectivity index (χ1n) is 7.64. The van der Waals surface area contributed by atoms with Crippen LogP contribution in [0.25, 0.3) is 0 Å². The van der Waals surface area contributed by atoms with Gasteiger partial charge in [0.2, 0.25) is 0 Å². The van der Waals surface area contributed by atoms with Crippen LogP contribution in [0.4, 0.5) is 4.79 Å². The van der Waals surface area contributed by atoms with Gasteiger partial charge >= 0.3 is 6.09 Å². The molecule has 1 aromatic rings. The van der Waals surface area contributed by atoms with Gasteiger partial charge in [-0.15, -0.1) is 0 Å².